The van der Waals surface area contributed by atoms with E-state index in [4.69, 9.17) is 9.15 Å². The first-order chi connectivity index (χ1) is 13.5. The van der Waals surface area contributed by atoms with Gasteiger partial charge in [-0.15, -0.1) is 24.0 Å². The molecule has 1 aliphatic heterocycles. The second-order valence-corrected chi connectivity index (χ2v) is 7.20. The molecule has 0 atom stereocenters. The Labute approximate surface area is 188 Å². The summed E-state index contributed by atoms with van der Waals surface area (Å²) in [6.07, 6.45) is 1.76. The van der Waals surface area contributed by atoms with Gasteiger partial charge in [0.25, 0.3) is 0 Å². The van der Waals surface area contributed by atoms with Crippen molar-refractivity contribution in [3.05, 3.63) is 53.0 Å². The van der Waals surface area contributed by atoms with Crippen molar-refractivity contribution in [2.24, 2.45) is 4.99 Å². The number of halogens is 2. The number of aryl methyl sites for hydroxylation is 2. The zero-order valence-corrected chi connectivity index (χ0v) is 19.6. The Kier molecular flexibility index (Phi) is 8.88. The van der Waals surface area contributed by atoms with Gasteiger partial charge in [-0.3, -0.25) is 0 Å². The highest BCUT2D eigenvalue weighted by Crippen LogP contribution is 2.34. The first-order valence-electron chi connectivity index (χ1n) is 9.81. The van der Waals surface area contributed by atoms with Gasteiger partial charge in [0.1, 0.15) is 18.1 Å². The van der Waals surface area contributed by atoms with E-state index in [1.165, 1.54) is 12.1 Å². The summed E-state index contributed by atoms with van der Waals surface area (Å²) < 4.78 is 24.6. The predicted octanol–water partition coefficient (Wildman–Crippen LogP) is 3.85. The maximum atomic E-state index is 13.4. The summed E-state index contributed by atoms with van der Waals surface area (Å²) in [5.41, 5.74) is 1.90. The molecule has 1 fully saturated rings. The lowest BCUT2D eigenvalue weighted by atomic mass is 9.74. The number of rotatable bonds is 6. The third-order valence-corrected chi connectivity index (χ3v) is 5.29. The van der Waals surface area contributed by atoms with E-state index in [0.29, 0.717) is 38.2 Å². The third-order valence-electron chi connectivity index (χ3n) is 5.29. The smallest absolute Gasteiger partial charge is 0.216 e. The lowest BCUT2D eigenvalue weighted by molar-refractivity contribution is 0.0513. The van der Waals surface area contributed by atoms with Crippen LogP contribution in [0.1, 0.15) is 42.7 Å². The Balaban J connectivity index is 0.00000300. The number of aromatic nitrogens is 1. The summed E-state index contributed by atoms with van der Waals surface area (Å²) >= 11 is 0. The summed E-state index contributed by atoms with van der Waals surface area (Å²) in [7, 11) is 0. The minimum atomic E-state index is -0.217. The molecular weight excluding hydrogens is 486 g/mol. The van der Waals surface area contributed by atoms with Crippen molar-refractivity contribution in [1.82, 2.24) is 15.6 Å². The number of ether oxygens (including phenoxy) is 1. The largest absolute Gasteiger partial charge is 0.444 e. The molecule has 6 nitrogen and oxygen atoms in total. The fraction of sp³-hybridized carbons (Fsp3) is 0.524. The fourth-order valence-corrected chi connectivity index (χ4v) is 3.48. The quantitative estimate of drug-likeness (QED) is 0.347. The molecule has 0 amide bonds. The van der Waals surface area contributed by atoms with Gasteiger partial charge in [-0.2, -0.15) is 0 Å². The number of benzene rings is 1. The van der Waals surface area contributed by atoms with E-state index in [9.17, 15) is 4.39 Å². The van der Waals surface area contributed by atoms with Crippen molar-refractivity contribution in [3.63, 3.8) is 0 Å². The van der Waals surface area contributed by atoms with Gasteiger partial charge < -0.3 is 19.8 Å². The molecule has 1 saturated heterocycles. The zero-order chi connectivity index (χ0) is 20.0. The van der Waals surface area contributed by atoms with E-state index in [1.807, 2.05) is 32.9 Å². The van der Waals surface area contributed by atoms with Crippen LogP contribution in [0.5, 0.6) is 0 Å². The van der Waals surface area contributed by atoms with Crippen molar-refractivity contribution in [2.45, 2.75) is 45.6 Å². The predicted molar refractivity (Wildman–Crippen MR) is 122 cm³/mol. The number of hydrogen-bond donors (Lipinski definition) is 2. The van der Waals surface area contributed by atoms with Crippen LogP contribution in [0.25, 0.3) is 0 Å². The number of nitrogens with zero attached hydrogens (tertiary/aromatic N) is 2. The van der Waals surface area contributed by atoms with Crippen molar-refractivity contribution in [1.29, 1.82) is 0 Å². The monoisotopic (exact) mass is 516 g/mol. The molecule has 160 valence electrons. The summed E-state index contributed by atoms with van der Waals surface area (Å²) in [6.45, 7) is 9.06. The Morgan fingerprint density at radius 3 is 2.45 bits per heavy atom. The highest BCUT2D eigenvalue weighted by Gasteiger charge is 2.34. The van der Waals surface area contributed by atoms with E-state index >= 15 is 0 Å². The average molecular weight is 516 g/mol. The number of oxazole rings is 1. The number of nitrogens with one attached hydrogen (secondary N) is 2. The van der Waals surface area contributed by atoms with Crippen LogP contribution in [0, 0.1) is 19.7 Å². The summed E-state index contributed by atoms with van der Waals surface area (Å²) in [5.74, 6) is 1.92. The van der Waals surface area contributed by atoms with E-state index in [1.54, 1.807) is 0 Å². The highest BCUT2D eigenvalue weighted by molar-refractivity contribution is 14.0. The van der Waals surface area contributed by atoms with Crippen LogP contribution in [0.3, 0.4) is 0 Å². The maximum Gasteiger partial charge on any atom is 0.216 e. The molecule has 1 aromatic heterocycles. The third kappa shape index (κ3) is 6.15. The Morgan fingerprint density at radius 1 is 1.17 bits per heavy atom. The Hall–Kier alpha value is -1.68. The van der Waals surface area contributed by atoms with Crippen molar-refractivity contribution < 1.29 is 13.5 Å². The van der Waals surface area contributed by atoms with Gasteiger partial charge in [-0.25, -0.2) is 14.4 Å². The highest BCUT2D eigenvalue weighted by atomic mass is 127. The maximum absolute atomic E-state index is 13.4. The minimum absolute atomic E-state index is 0. The minimum Gasteiger partial charge on any atom is -0.444 e. The lowest BCUT2D eigenvalue weighted by Gasteiger charge is -2.38. The molecule has 2 N–H and O–H groups in total. The van der Waals surface area contributed by atoms with Crippen LogP contribution in [-0.4, -0.2) is 37.2 Å². The van der Waals surface area contributed by atoms with E-state index in [-0.39, 0.29) is 35.2 Å². The zero-order valence-electron chi connectivity index (χ0n) is 17.3. The SMILES string of the molecule is CCNC(=NCc1nc(C)c(C)o1)NCC1(c2ccc(F)cc2)CCOCC1.I. The normalized spacial score (nSPS) is 16.2. The van der Waals surface area contributed by atoms with Gasteiger partial charge in [0, 0.05) is 31.7 Å². The molecule has 0 spiro atoms. The van der Waals surface area contributed by atoms with Gasteiger partial charge >= 0.3 is 0 Å². The van der Waals surface area contributed by atoms with E-state index < -0.39 is 0 Å². The van der Waals surface area contributed by atoms with Gasteiger partial charge in [-0.05, 0) is 51.3 Å². The topological polar surface area (TPSA) is 71.7 Å². The van der Waals surface area contributed by atoms with Gasteiger partial charge in [0.05, 0.1) is 5.69 Å². The second kappa shape index (κ2) is 10.9. The molecule has 0 saturated carbocycles. The van der Waals surface area contributed by atoms with Crippen LogP contribution in [0.4, 0.5) is 4.39 Å². The van der Waals surface area contributed by atoms with Gasteiger partial charge in [0.15, 0.2) is 5.96 Å². The molecule has 0 radical (unpaired) electrons. The molecule has 1 aliphatic rings. The fourth-order valence-electron chi connectivity index (χ4n) is 3.48. The molecule has 1 aromatic carbocycles. The molecule has 2 heterocycles. The molecule has 29 heavy (non-hydrogen) atoms. The van der Waals surface area contributed by atoms with Crippen LogP contribution in [0.15, 0.2) is 33.7 Å². The molecular formula is C21H30FIN4O2. The van der Waals surface area contributed by atoms with Crippen molar-refractivity contribution in [3.8, 4) is 0 Å². The lowest BCUT2D eigenvalue weighted by Crippen LogP contribution is -2.48. The van der Waals surface area contributed by atoms with Crippen LogP contribution < -0.4 is 10.6 Å². The average Bonchev–Trinajstić information content (AvgIpc) is 3.03. The number of guanidine groups is 1. The Bertz CT molecular complexity index is 782. The van der Waals surface area contributed by atoms with E-state index in [2.05, 4.69) is 20.6 Å². The van der Waals surface area contributed by atoms with Crippen molar-refractivity contribution >= 4 is 29.9 Å². The number of aliphatic imine (C=N–C) groups is 1. The first kappa shape index (κ1) is 23.6. The summed E-state index contributed by atoms with van der Waals surface area (Å²) in [5, 5.41) is 6.73. The van der Waals surface area contributed by atoms with Gasteiger partial charge in [0.2, 0.25) is 5.89 Å². The van der Waals surface area contributed by atoms with Crippen LogP contribution in [-0.2, 0) is 16.7 Å². The molecule has 3 rings (SSSR count). The summed E-state index contributed by atoms with van der Waals surface area (Å²) in [4.78, 5) is 8.99. The van der Waals surface area contributed by atoms with Crippen molar-refractivity contribution in [2.75, 3.05) is 26.3 Å². The molecule has 0 bridgehead atoms. The van der Waals surface area contributed by atoms with E-state index in [0.717, 1.165) is 36.4 Å². The Morgan fingerprint density at radius 2 is 1.86 bits per heavy atom. The summed E-state index contributed by atoms with van der Waals surface area (Å²) in [6, 6.07) is 6.81. The molecule has 8 heteroatoms. The standard InChI is InChI=1S/C21H29FN4O2.HI/c1-4-23-20(24-13-19-26-15(2)16(3)28-19)25-14-21(9-11-27-12-10-21)17-5-7-18(22)8-6-17;/h5-8H,4,9-14H2,1-3H3,(H2,23,24,25);1H. The molecule has 2 aromatic rings. The molecule has 0 unspecified atom stereocenters. The second-order valence-electron chi connectivity index (χ2n) is 7.20. The van der Waals surface area contributed by atoms with Crippen LogP contribution in [0.2, 0.25) is 0 Å². The van der Waals surface area contributed by atoms with Crippen LogP contribution >= 0.6 is 24.0 Å². The number of hydrogen-bond acceptors (Lipinski definition) is 4. The molecule has 0 aliphatic carbocycles. The van der Waals surface area contributed by atoms with Gasteiger partial charge in [-0.1, -0.05) is 12.1 Å². The first-order valence-corrected chi connectivity index (χ1v) is 9.81.